The van der Waals surface area contributed by atoms with Crippen LogP contribution in [-0.2, 0) is 32.4 Å². The third-order valence-corrected chi connectivity index (χ3v) is 4.84. The first-order valence-corrected chi connectivity index (χ1v) is 8.41. The first-order chi connectivity index (χ1) is 10.8. The molecule has 0 unspecified atom stereocenters. The minimum absolute atomic E-state index is 0.174. The van der Waals surface area contributed by atoms with Gasteiger partial charge in [0.2, 0.25) is 0 Å². The molecule has 4 N–H and O–H groups in total. The molecule has 0 saturated heterocycles. The second-order valence-corrected chi connectivity index (χ2v) is 6.80. The number of primary amides is 1. The van der Waals surface area contributed by atoms with Crippen LogP contribution in [0.25, 0.3) is 0 Å². The Kier molecular flexibility index (Phi) is 10.1. The number of nitrogens with two attached hydrogens (primary N) is 1. The molecule has 0 aliphatic heterocycles. The maximum absolute atomic E-state index is 12.1. The zero-order valence-corrected chi connectivity index (χ0v) is 14.5. The van der Waals surface area contributed by atoms with Gasteiger partial charge in [-0.3, -0.25) is 9.78 Å². The third-order valence-electron chi connectivity index (χ3n) is 2.53. The number of hydrogen-bond acceptors (Lipinski definition) is 9. The average Bonchev–Trinajstić information content (AvgIpc) is 2.54. The second kappa shape index (κ2) is 10.9. The van der Waals surface area contributed by atoms with Crippen molar-refractivity contribution in [1.29, 1.82) is 0 Å². The number of nitrogens with one attached hydrogen (secondary N) is 2. The summed E-state index contributed by atoms with van der Waals surface area (Å²) in [5, 5.41) is 0. The molecule has 11 nitrogen and oxygen atoms in total. The fourth-order valence-corrected chi connectivity index (χ4v) is 2.95. The lowest BCUT2D eigenvalue weighted by atomic mass is 10.2. The Morgan fingerprint density at radius 1 is 1.13 bits per heavy atom. The maximum atomic E-state index is 12.1. The molecule has 23 heavy (non-hydrogen) atoms. The topological polar surface area (TPSA) is 147 Å². The van der Waals surface area contributed by atoms with Crippen molar-refractivity contribution in [2.45, 2.75) is 25.8 Å². The van der Waals surface area contributed by atoms with Crippen LogP contribution in [0.3, 0.4) is 0 Å². The van der Waals surface area contributed by atoms with E-state index >= 15 is 0 Å². The molecule has 0 aromatic heterocycles. The highest BCUT2D eigenvalue weighted by Crippen LogP contribution is 2.08. The van der Waals surface area contributed by atoms with Crippen LogP contribution in [0.5, 0.6) is 0 Å². The van der Waals surface area contributed by atoms with E-state index in [1.807, 2.05) is 6.92 Å². The summed E-state index contributed by atoms with van der Waals surface area (Å²) < 4.78 is 20.4. The van der Waals surface area contributed by atoms with E-state index in [1.54, 1.807) is 5.48 Å². The van der Waals surface area contributed by atoms with Crippen molar-refractivity contribution in [2.24, 2.45) is 5.73 Å². The largest absolute Gasteiger partial charge is 0.596 e. The first kappa shape index (κ1) is 21.3. The highest BCUT2D eigenvalue weighted by molar-refractivity contribution is 6.58. The molecular formula is C11H23N3O8Si. The summed E-state index contributed by atoms with van der Waals surface area (Å²) in [5.41, 5.74) is 6.44. The van der Waals surface area contributed by atoms with Gasteiger partial charge in [-0.1, -0.05) is 6.92 Å². The van der Waals surface area contributed by atoms with Gasteiger partial charge in [0.15, 0.2) is 0 Å². The summed E-state index contributed by atoms with van der Waals surface area (Å²) >= 11 is 0. The molecule has 0 aromatic carbocycles. The van der Waals surface area contributed by atoms with Crippen LogP contribution in [0.2, 0.25) is 0 Å². The van der Waals surface area contributed by atoms with Gasteiger partial charge in [0.1, 0.15) is 6.04 Å². The molecule has 2 amide bonds. The quantitative estimate of drug-likeness (QED) is 0.250. The molecular weight excluding hydrogens is 330 g/mol. The lowest BCUT2D eigenvalue weighted by Gasteiger charge is -2.28. The smallest absolute Gasteiger partial charge is 0.465 e. The van der Waals surface area contributed by atoms with Gasteiger partial charge in [-0.15, -0.1) is 0 Å². The van der Waals surface area contributed by atoms with Crippen LogP contribution in [0.15, 0.2) is 0 Å². The summed E-state index contributed by atoms with van der Waals surface area (Å²) in [6.07, 6.45) is 0.140. The van der Waals surface area contributed by atoms with Crippen molar-refractivity contribution in [2.75, 3.05) is 27.9 Å². The number of esters is 1. The van der Waals surface area contributed by atoms with Gasteiger partial charge in [0.25, 0.3) is 0 Å². The van der Waals surface area contributed by atoms with Gasteiger partial charge in [0, 0.05) is 21.3 Å². The Labute approximate surface area is 135 Å². The van der Waals surface area contributed by atoms with Gasteiger partial charge in [-0.25, -0.2) is 9.59 Å². The number of ether oxygens (including phenoxy) is 1. The monoisotopic (exact) mass is 353 g/mol. The normalized spacial score (nSPS) is 12.3. The lowest BCUT2D eigenvalue weighted by molar-refractivity contribution is -0.155. The molecule has 0 spiro atoms. The number of hydrogen-bond donors (Lipinski definition) is 3. The number of urea groups is 1. The fourth-order valence-electron chi connectivity index (χ4n) is 1.45. The van der Waals surface area contributed by atoms with Crippen molar-refractivity contribution in [3.63, 3.8) is 0 Å². The number of rotatable bonds is 10. The number of amides is 2. The minimum atomic E-state index is -3.36. The molecule has 134 valence electrons. The average molecular weight is 353 g/mol. The van der Waals surface area contributed by atoms with Gasteiger partial charge in [-0.05, 0) is 6.42 Å². The Morgan fingerprint density at radius 3 is 2.13 bits per heavy atom. The van der Waals surface area contributed by atoms with E-state index < -0.39 is 39.4 Å². The Hall–Kier alpha value is -1.73. The van der Waals surface area contributed by atoms with Crippen molar-refractivity contribution >= 4 is 26.9 Å². The predicted molar refractivity (Wildman–Crippen MR) is 78.4 cm³/mol. The van der Waals surface area contributed by atoms with Crippen LogP contribution in [0, 0.1) is 0 Å². The van der Waals surface area contributed by atoms with E-state index in [1.165, 1.54) is 21.3 Å². The van der Waals surface area contributed by atoms with Crippen molar-refractivity contribution < 1.29 is 37.2 Å². The predicted octanol–water partition coefficient (Wildman–Crippen LogP) is -1.21. The molecule has 0 fully saturated rings. The molecule has 0 aromatic rings. The number of hydroxylamine groups is 1. The van der Waals surface area contributed by atoms with Crippen LogP contribution < -0.4 is 16.2 Å². The standard InChI is InChI=1S/C11H23N3O8Si/c1-5-6-21-10(16)8(7-9(15)22-13-11(12)17)14-23(18-2,19-3)20-4/h8,14H,5-7H2,1-4H3,(H3,12,13,17)/t8-/m0/s1. The number of carbonyl (C=O) groups is 3. The van der Waals surface area contributed by atoms with E-state index in [-0.39, 0.29) is 6.61 Å². The van der Waals surface area contributed by atoms with E-state index in [0.29, 0.717) is 6.42 Å². The molecule has 12 heteroatoms. The molecule has 0 saturated carbocycles. The van der Waals surface area contributed by atoms with Crippen molar-refractivity contribution in [1.82, 2.24) is 10.5 Å². The summed E-state index contributed by atoms with van der Waals surface area (Å²) in [7, 11) is 0.616. The molecule has 0 aliphatic rings. The highest BCUT2D eigenvalue weighted by atomic mass is 28.4. The minimum Gasteiger partial charge on any atom is -0.465 e. The lowest BCUT2D eigenvalue weighted by Crippen LogP contribution is -2.63. The highest BCUT2D eigenvalue weighted by Gasteiger charge is 2.44. The van der Waals surface area contributed by atoms with E-state index in [2.05, 4.69) is 9.82 Å². The molecule has 0 aliphatic carbocycles. The fraction of sp³-hybridized carbons (Fsp3) is 0.727. The summed E-state index contributed by atoms with van der Waals surface area (Å²) in [6.45, 7) is 1.99. The molecule has 0 heterocycles. The zero-order chi connectivity index (χ0) is 17.9. The van der Waals surface area contributed by atoms with Gasteiger partial charge < -0.3 is 28.6 Å². The first-order valence-electron chi connectivity index (χ1n) is 6.69. The summed E-state index contributed by atoms with van der Waals surface area (Å²) in [6, 6.07) is -2.21. The molecule has 0 rings (SSSR count). The Balaban J connectivity index is 4.96. The van der Waals surface area contributed by atoms with E-state index in [0.717, 1.165) is 0 Å². The summed E-state index contributed by atoms with van der Waals surface area (Å²) in [4.78, 5) is 41.3. The zero-order valence-electron chi connectivity index (χ0n) is 13.5. The maximum Gasteiger partial charge on any atom is 0.596 e. The summed E-state index contributed by atoms with van der Waals surface area (Å²) in [5.74, 6) is -1.63. The van der Waals surface area contributed by atoms with E-state index in [4.69, 9.17) is 23.7 Å². The van der Waals surface area contributed by atoms with Crippen LogP contribution in [-0.4, -0.2) is 60.9 Å². The molecule has 0 radical (unpaired) electrons. The second-order valence-electron chi connectivity index (χ2n) is 4.18. The molecule has 0 bridgehead atoms. The third kappa shape index (κ3) is 7.90. The van der Waals surface area contributed by atoms with Gasteiger partial charge >= 0.3 is 26.9 Å². The van der Waals surface area contributed by atoms with Crippen LogP contribution >= 0.6 is 0 Å². The van der Waals surface area contributed by atoms with Crippen LogP contribution in [0.4, 0.5) is 4.79 Å². The van der Waals surface area contributed by atoms with Gasteiger partial charge in [0.05, 0.1) is 13.0 Å². The molecule has 1 atom stereocenters. The van der Waals surface area contributed by atoms with Crippen LogP contribution in [0.1, 0.15) is 19.8 Å². The Morgan fingerprint density at radius 2 is 1.70 bits per heavy atom. The van der Waals surface area contributed by atoms with Gasteiger partial charge in [-0.2, -0.15) is 5.48 Å². The van der Waals surface area contributed by atoms with E-state index in [9.17, 15) is 14.4 Å². The SMILES string of the molecule is CCCOC(=O)[C@H](CC(=O)ONC(N)=O)N[Si](OC)(OC)OC. The Bertz CT molecular complexity index is 396. The number of carbonyl (C=O) groups excluding carboxylic acids is 3. The van der Waals surface area contributed by atoms with Crippen molar-refractivity contribution in [3.8, 4) is 0 Å². The van der Waals surface area contributed by atoms with Crippen molar-refractivity contribution in [3.05, 3.63) is 0 Å².